The van der Waals surface area contributed by atoms with Crippen molar-refractivity contribution in [1.29, 1.82) is 0 Å². The van der Waals surface area contributed by atoms with Crippen molar-refractivity contribution < 1.29 is 9.53 Å². The van der Waals surface area contributed by atoms with Crippen LogP contribution in [0, 0.1) is 0 Å². The second-order valence-electron chi connectivity index (χ2n) is 3.82. The van der Waals surface area contributed by atoms with Gasteiger partial charge in [0.05, 0.1) is 13.2 Å². The molecule has 1 aromatic heterocycles. The number of rotatable bonds is 3. The average molecular weight is 223 g/mol. The van der Waals surface area contributed by atoms with Crippen molar-refractivity contribution in [2.24, 2.45) is 0 Å². The van der Waals surface area contributed by atoms with Crippen LogP contribution in [0.3, 0.4) is 0 Å². The van der Waals surface area contributed by atoms with Gasteiger partial charge < -0.3 is 14.2 Å². The summed E-state index contributed by atoms with van der Waals surface area (Å²) in [6.45, 7) is 5.14. The molecule has 0 aromatic carbocycles. The van der Waals surface area contributed by atoms with Crippen LogP contribution in [-0.4, -0.2) is 46.7 Å². The van der Waals surface area contributed by atoms with Crippen molar-refractivity contribution in [2.45, 2.75) is 19.9 Å². The zero-order chi connectivity index (χ0) is 11.4. The van der Waals surface area contributed by atoms with Gasteiger partial charge in [0.1, 0.15) is 12.4 Å². The van der Waals surface area contributed by atoms with Crippen molar-refractivity contribution in [2.75, 3.05) is 26.3 Å². The topological polar surface area (TPSA) is 47.4 Å². The predicted molar refractivity (Wildman–Crippen MR) is 59.0 cm³/mol. The number of aryl methyl sites for hydroxylation is 1. The Kier molecular flexibility index (Phi) is 3.56. The molecule has 88 valence electrons. The minimum atomic E-state index is 0.149. The third-order valence-electron chi connectivity index (χ3n) is 2.79. The van der Waals surface area contributed by atoms with Crippen molar-refractivity contribution in [3.05, 3.63) is 18.2 Å². The fourth-order valence-corrected chi connectivity index (χ4v) is 1.86. The van der Waals surface area contributed by atoms with E-state index in [0.717, 1.165) is 12.2 Å². The summed E-state index contributed by atoms with van der Waals surface area (Å²) >= 11 is 0. The van der Waals surface area contributed by atoms with Gasteiger partial charge >= 0.3 is 0 Å². The molecular formula is C11H17N3O2. The molecule has 16 heavy (non-hydrogen) atoms. The normalized spacial score (nSPS) is 16.4. The highest BCUT2D eigenvalue weighted by atomic mass is 16.5. The monoisotopic (exact) mass is 223 g/mol. The van der Waals surface area contributed by atoms with E-state index in [9.17, 15) is 4.79 Å². The first-order valence-electron chi connectivity index (χ1n) is 5.66. The number of nitrogens with zero attached hydrogens (tertiary/aromatic N) is 3. The van der Waals surface area contributed by atoms with Gasteiger partial charge in [-0.15, -0.1) is 0 Å². The molecule has 0 radical (unpaired) electrons. The lowest BCUT2D eigenvalue weighted by Gasteiger charge is -2.27. The Morgan fingerprint density at radius 2 is 2.25 bits per heavy atom. The standard InChI is InChI=1S/C11H17N3O2/c1-2-10-12-3-4-14(10)9-11(15)13-5-7-16-8-6-13/h3-4H,2,5-9H2,1H3. The summed E-state index contributed by atoms with van der Waals surface area (Å²) in [4.78, 5) is 18.0. The Balaban J connectivity index is 1.95. The van der Waals surface area contributed by atoms with Crippen LogP contribution in [0.5, 0.6) is 0 Å². The molecule has 1 fully saturated rings. The summed E-state index contributed by atoms with van der Waals surface area (Å²) in [6.07, 6.45) is 4.45. The molecule has 2 heterocycles. The summed E-state index contributed by atoms with van der Waals surface area (Å²) in [5, 5.41) is 0. The molecule has 0 unspecified atom stereocenters. The molecule has 0 bridgehead atoms. The zero-order valence-electron chi connectivity index (χ0n) is 9.56. The molecule has 1 aliphatic rings. The van der Waals surface area contributed by atoms with Gasteiger partial charge in [0, 0.05) is 31.9 Å². The maximum Gasteiger partial charge on any atom is 0.242 e. The van der Waals surface area contributed by atoms with Gasteiger partial charge in [-0.05, 0) is 0 Å². The van der Waals surface area contributed by atoms with Crippen molar-refractivity contribution in [3.63, 3.8) is 0 Å². The number of hydrogen-bond donors (Lipinski definition) is 0. The molecule has 1 amide bonds. The first-order valence-corrected chi connectivity index (χ1v) is 5.66. The number of carbonyl (C=O) groups excluding carboxylic acids is 1. The minimum absolute atomic E-state index is 0.149. The minimum Gasteiger partial charge on any atom is -0.378 e. The first kappa shape index (κ1) is 11.1. The Bertz CT molecular complexity index is 356. The Hall–Kier alpha value is -1.36. The van der Waals surface area contributed by atoms with Gasteiger partial charge in [0.15, 0.2) is 0 Å². The number of imidazole rings is 1. The highest BCUT2D eigenvalue weighted by Gasteiger charge is 2.17. The number of morpholine rings is 1. The summed E-state index contributed by atoms with van der Waals surface area (Å²) in [6, 6.07) is 0. The van der Waals surface area contributed by atoms with E-state index in [4.69, 9.17) is 4.74 Å². The second-order valence-corrected chi connectivity index (χ2v) is 3.82. The molecule has 0 N–H and O–H groups in total. The van der Waals surface area contributed by atoms with E-state index in [1.807, 2.05) is 22.6 Å². The van der Waals surface area contributed by atoms with E-state index < -0.39 is 0 Å². The Morgan fingerprint density at radius 1 is 1.50 bits per heavy atom. The highest BCUT2D eigenvalue weighted by Crippen LogP contribution is 2.03. The van der Waals surface area contributed by atoms with Crippen LogP contribution >= 0.6 is 0 Å². The quantitative estimate of drug-likeness (QED) is 0.740. The Labute approximate surface area is 95.0 Å². The molecule has 0 spiro atoms. The smallest absolute Gasteiger partial charge is 0.242 e. The van der Waals surface area contributed by atoms with Gasteiger partial charge in [-0.25, -0.2) is 4.98 Å². The van der Waals surface area contributed by atoms with Gasteiger partial charge in [-0.3, -0.25) is 4.79 Å². The largest absolute Gasteiger partial charge is 0.378 e. The van der Waals surface area contributed by atoms with Crippen LogP contribution in [-0.2, 0) is 22.5 Å². The number of ether oxygens (including phenoxy) is 1. The maximum atomic E-state index is 12.0. The third-order valence-corrected chi connectivity index (χ3v) is 2.79. The van der Waals surface area contributed by atoms with E-state index in [1.165, 1.54) is 0 Å². The highest BCUT2D eigenvalue weighted by molar-refractivity contribution is 5.76. The summed E-state index contributed by atoms with van der Waals surface area (Å²) in [5.74, 6) is 1.11. The van der Waals surface area contributed by atoms with Gasteiger partial charge in [0.2, 0.25) is 5.91 Å². The molecule has 2 rings (SSSR count). The lowest BCUT2D eigenvalue weighted by atomic mass is 10.4. The van der Waals surface area contributed by atoms with Gasteiger partial charge in [-0.2, -0.15) is 0 Å². The van der Waals surface area contributed by atoms with E-state index in [0.29, 0.717) is 32.8 Å². The van der Waals surface area contributed by atoms with Crippen LogP contribution in [0.1, 0.15) is 12.7 Å². The van der Waals surface area contributed by atoms with Gasteiger partial charge in [-0.1, -0.05) is 6.92 Å². The molecule has 0 aliphatic carbocycles. The molecule has 5 nitrogen and oxygen atoms in total. The lowest BCUT2D eigenvalue weighted by molar-refractivity contribution is -0.135. The fraction of sp³-hybridized carbons (Fsp3) is 0.636. The van der Waals surface area contributed by atoms with E-state index >= 15 is 0 Å². The molecule has 1 aliphatic heterocycles. The van der Waals surface area contributed by atoms with Crippen LogP contribution in [0.25, 0.3) is 0 Å². The third kappa shape index (κ3) is 2.41. The molecule has 0 saturated carbocycles. The van der Waals surface area contributed by atoms with E-state index in [-0.39, 0.29) is 5.91 Å². The van der Waals surface area contributed by atoms with Gasteiger partial charge in [0.25, 0.3) is 0 Å². The van der Waals surface area contributed by atoms with Crippen molar-refractivity contribution >= 4 is 5.91 Å². The summed E-state index contributed by atoms with van der Waals surface area (Å²) in [7, 11) is 0. The Morgan fingerprint density at radius 3 is 2.94 bits per heavy atom. The van der Waals surface area contributed by atoms with Crippen molar-refractivity contribution in [1.82, 2.24) is 14.5 Å². The molecular weight excluding hydrogens is 206 g/mol. The number of hydrogen-bond acceptors (Lipinski definition) is 3. The van der Waals surface area contributed by atoms with Crippen LogP contribution in [0.4, 0.5) is 0 Å². The maximum absolute atomic E-state index is 12.0. The van der Waals surface area contributed by atoms with E-state index in [1.54, 1.807) is 6.20 Å². The van der Waals surface area contributed by atoms with Crippen LogP contribution < -0.4 is 0 Å². The predicted octanol–water partition coefficient (Wildman–Crippen LogP) is 0.304. The SMILES string of the molecule is CCc1nccn1CC(=O)N1CCOCC1. The fourth-order valence-electron chi connectivity index (χ4n) is 1.86. The zero-order valence-corrected chi connectivity index (χ0v) is 9.56. The molecule has 5 heteroatoms. The second kappa shape index (κ2) is 5.12. The first-order chi connectivity index (χ1) is 7.81. The van der Waals surface area contributed by atoms with Crippen molar-refractivity contribution in [3.8, 4) is 0 Å². The number of carbonyl (C=O) groups is 1. The van der Waals surface area contributed by atoms with E-state index in [2.05, 4.69) is 4.98 Å². The summed E-state index contributed by atoms with van der Waals surface area (Å²) in [5.41, 5.74) is 0. The lowest BCUT2D eigenvalue weighted by Crippen LogP contribution is -2.42. The van der Waals surface area contributed by atoms with Crippen LogP contribution in [0.15, 0.2) is 12.4 Å². The molecule has 1 saturated heterocycles. The van der Waals surface area contributed by atoms with Crippen LogP contribution in [0.2, 0.25) is 0 Å². The average Bonchev–Trinajstić information content (AvgIpc) is 2.77. The molecule has 0 atom stereocenters. The number of amides is 1. The number of aromatic nitrogens is 2. The molecule has 1 aromatic rings. The summed E-state index contributed by atoms with van der Waals surface area (Å²) < 4.78 is 7.13.